The van der Waals surface area contributed by atoms with Crippen LogP contribution in [0.4, 0.5) is 10.1 Å². The Morgan fingerprint density at radius 1 is 1.47 bits per heavy atom. The number of aliphatic hydroxyl groups excluding tert-OH is 1. The van der Waals surface area contributed by atoms with Gasteiger partial charge in [-0.1, -0.05) is 13.0 Å². The molecule has 0 saturated heterocycles. The van der Waals surface area contributed by atoms with Crippen LogP contribution in [0, 0.1) is 5.82 Å². The van der Waals surface area contributed by atoms with E-state index in [0.29, 0.717) is 17.0 Å². The van der Waals surface area contributed by atoms with E-state index in [4.69, 9.17) is 5.73 Å². The quantitative estimate of drug-likeness (QED) is 0.779. The Kier molecular flexibility index (Phi) is 4.42. The lowest BCUT2D eigenvalue weighted by Crippen LogP contribution is -2.15. The maximum absolute atomic E-state index is 13.3. The summed E-state index contributed by atoms with van der Waals surface area (Å²) >= 11 is 1.50. The van der Waals surface area contributed by atoms with Crippen LogP contribution in [-0.2, 0) is 5.75 Å². The number of nitrogen functional groups attached to an aromatic ring is 1. The van der Waals surface area contributed by atoms with Gasteiger partial charge >= 0.3 is 0 Å². The van der Waals surface area contributed by atoms with E-state index in [1.165, 1.54) is 17.8 Å². The fourth-order valence-electron chi connectivity index (χ4n) is 1.08. The van der Waals surface area contributed by atoms with Crippen LogP contribution in [0.3, 0.4) is 0 Å². The molecule has 0 heterocycles. The molecule has 2 unspecified atom stereocenters. The molecule has 0 aliphatic rings. The second kappa shape index (κ2) is 5.37. The van der Waals surface area contributed by atoms with Gasteiger partial charge in [0.25, 0.3) is 0 Å². The number of thioether (sulfide) groups is 1. The van der Waals surface area contributed by atoms with Gasteiger partial charge in [-0.15, -0.1) is 0 Å². The van der Waals surface area contributed by atoms with Gasteiger partial charge < -0.3 is 10.8 Å². The van der Waals surface area contributed by atoms with Crippen molar-refractivity contribution in [2.24, 2.45) is 0 Å². The largest absolute Gasteiger partial charge is 0.398 e. The van der Waals surface area contributed by atoms with Crippen molar-refractivity contribution in [3.05, 3.63) is 29.6 Å². The summed E-state index contributed by atoms with van der Waals surface area (Å²) in [4.78, 5) is 0. The molecule has 1 aromatic rings. The van der Waals surface area contributed by atoms with Crippen LogP contribution in [0.1, 0.15) is 19.4 Å². The van der Waals surface area contributed by atoms with Crippen LogP contribution in [0.15, 0.2) is 18.2 Å². The van der Waals surface area contributed by atoms with Gasteiger partial charge in [-0.2, -0.15) is 11.8 Å². The molecule has 3 N–H and O–H groups in total. The van der Waals surface area contributed by atoms with Gasteiger partial charge in [-0.3, -0.25) is 0 Å². The molecule has 0 aliphatic carbocycles. The number of hydrogen-bond acceptors (Lipinski definition) is 3. The van der Waals surface area contributed by atoms with Crippen molar-refractivity contribution >= 4 is 17.4 Å². The van der Waals surface area contributed by atoms with E-state index in [1.54, 1.807) is 19.1 Å². The fraction of sp³-hybridized carbons (Fsp3) is 0.455. The molecule has 0 saturated carbocycles. The molecule has 0 fully saturated rings. The number of rotatable bonds is 4. The summed E-state index contributed by atoms with van der Waals surface area (Å²) in [5.74, 6) is 0.213. The highest BCUT2D eigenvalue weighted by Crippen LogP contribution is 2.25. The Morgan fingerprint density at radius 3 is 2.67 bits per heavy atom. The Labute approximate surface area is 93.7 Å². The van der Waals surface area contributed by atoms with Gasteiger partial charge in [0.15, 0.2) is 0 Å². The van der Waals surface area contributed by atoms with Crippen LogP contribution in [0.25, 0.3) is 0 Å². The Morgan fingerprint density at radius 2 is 2.13 bits per heavy atom. The average molecular weight is 229 g/mol. The van der Waals surface area contributed by atoms with E-state index in [2.05, 4.69) is 0 Å². The van der Waals surface area contributed by atoms with Crippen LogP contribution in [0.2, 0.25) is 0 Å². The molecule has 0 spiro atoms. The van der Waals surface area contributed by atoms with Gasteiger partial charge in [0.2, 0.25) is 0 Å². The molecule has 0 radical (unpaired) electrons. The minimum atomic E-state index is -0.400. The van der Waals surface area contributed by atoms with Gasteiger partial charge in [0, 0.05) is 22.3 Å². The van der Waals surface area contributed by atoms with Crippen molar-refractivity contribution in [3.8, 4) is 0 Å². The van der Waals surface area contributed by atoms with E-state index in [0.717, 1.165) is 0 Å². The first-order valence-corrected chi connectivity index (χ1v) is 5.89. The van der Waals surface area contributed by atoms with Gasteiger partial charge in [0.1, 0.15) is 5.82 Å². The van der Waals surface area contributed by atoms with Crippen molar-refractivity contribution in [1.29, 1.82) is 0 Å². The fourth-order valence-corrected chi connectivity index (χ4v) is 2.09. The second-order valence-corrected chi connectivity index (χ2v) is 4.93. The van der Waals surface area contributed by atoms with E-state index in [9.17, 15) is 9.50 Å². The first-order valence-electron chi connectivity index (χ1n) is 4.85. The molecule has 0 aliphatic heterocycles. The topological polar surface area (TPSA) is 46.2 Å². The minimum Gasteiger partial charge on any atom is -0.398 e. The third-order valence-electron chi connectivity index (χ3n) is 2.32. The lowest BCUT2D eigenvalue weighted by molar-refractivity contribution is 0.196. The molecule has 0 aromatic heterocycles. The summed E-state index contributed by atoms with van der Waals surface area (Å²) in [6.45, 7) is 3.63. The normalized spacial score (nSPS) is 14.9. The van der Waals surface area contributed by atoms with Crippen LogP contribution in [0.5, 0.6) is 0 Å². The number of aliphatic hydroxyl groups is 1. The number of nitrogens with two attached hydrogens (primary N) is 1. The Balaban J connectivity index is 2.65. The lowest BCUT2D eigenvalue weighted by Gasteiger charge is -2.15. The minimum absolute atomic E-state index is 0.0732. The van der Waals surface area contributed by atoms with Crippen molar-refractivity contribution < 1.29 is 9.50 Å². The summed E-state index contributed by atoms with van der Waals surface area (Å²) in [5, 5.41) is 9.36. The van der Waals surface area contributed by atoms with Crippen molar-refractivity contribution in [2.75, 3.05) is 5.73 Å². The van der Waals surface area contributed by atoms with Crippen molar-refractivity contribution in [1.82, 2.24) is 0 Å². The van der Waals surface area contributed by atoms with Crippen LogP contribution >= 0.6 is 11.8 Å². The first-order chi connectivity index (χ1) is 7.02. The monoisotopic (exact) mass is 229 g/mol. The van der Waals surface area contributed by atoms with Crippen LogP contribution < -0.4 is 5.73 Å². The number of hydrogen-bond donors (Lipinski definition) is 2. The van der Waals surface area contributed by atoms with E-state index < -0.39 is 6.10 Å². The molecule has 2 nitrogen and oxygen atoms in total. The summed E-state index contributed by atoms with van der Waals surface area (Å²) in [5.41, 5.74) is 6.66. The predicted octanol–water partition coefficient (Wildman–Crippen LogP) is 2.41. The highest BCUT2D eigenvalue weighted by molar-refractivity contribution is 7.99. The second-order valence-electron chi connectivity index (χ2n) is 3.56. The predicted molar refractivity (Wildman–Crippen MR) is 63.3 cm³/mol. The lowest BCUT2D eigenvalue weighted by atomic mass is 10.2. The highest BCUT2D eigenvalue weighted by atomic mass is 32.2. The van der Waals surface area contributed by atoms with Gasteiger partial charge in [0.05, 0.1) is 6.10 Å². The van der Waals surface area contributed by atoms with Gasteiger partial charge in [-0.05, 0) is 19.1 Å². The summed E-state index contributed by atoms with van der Waals surface area (Å²) in [6.07, 6.45) is -0.400. The third kappa shape index (κ3) is 3.39. The molecule has 4 heteroatoms. The maximum Gasteiger partial charge on any atom is 0.129 e. The Hall–Kier alpha value is -0.740. The SMILES string of the molecule is CC(O)C(C)SCc1c(N)cccc1F. The zero-order valence-corrected chi connectivity index (χ0v) is 9.72. The molecule has 0 bridgehead atoms. The third-order valence-corrected chi connectivity index (χ3v) is 3.70. The molecule has 0 amide bonds. The number of benzene rings is 1. The van der Waals surface area contributed by atoms with Crippen molar-refractivity contribution in [2.45, 2.75) is 31.0 Å². The zero-order chi connectivity index (χ0) is 11.4. The molecule has 1 aromatic carbocycles. The van der Waals surface area contributed by atoms with Crippen LogP contribution in [-0.4, -0.2) is 16.5 Å². The molecule has 84 valence electrons. The highest BCUT2D eigenvalue weighted by Gasteiger charge is 2.12. The van der Waals surface area contributed by atoms with E-state index in [1.807, 2.05) is 6.92 Å². The van der Waals surface area contributed by atoms with E-state index >= 15 is 0 Å². The zero-order valence-electron chi connectivity index (χ0n) is 8.90. The maximum atomic E-state index is 13.3. The molecular weight excluding hydrogens is 213 g/mol. The van der Waals surface area contributed by atoms with Gasteiger partial charge in [-0.25, -0.2) is 4.39 Å². The number of anilines is 1. The summed E-state index contributed by atoms with van der Waals surface area (Å²) in [6, 6.07) is 4.68. The molecule has 1 rings (SSSR count). The molecule has 15 heavy (non-hydrogen) atoms. The molecule has 2 atom stereocenters. The number of halogens is 1. The first kappa shape index (κ1) is 12.3. The smallest absolute Gasteiger partial charge is 0.129 e. The molecular formula is C11H16FNOS. The summed E-state index contributed by atoms with van der Waals surface area (Å²) in [7, 11) is 0. The average Bonchev–Trinajstić information content (AvgIpc) is 2.16. The standard InChI is InChI=1S/C11H16FNOS/c1-7(14)8(2)15-6-9-10(12)4-3-5-11(9)13/h3-5,7-8,14H,6,13H2,1-2H3. The van der Waals surface area contributed by atoms with E-state index in [-0.39, 0.29) is 11.1 Å². The Bertz CT molecular complexity index is 310. The van der Waals surface area contributed by atoms with Crippen molar-refractivity contribution in [3.63, 3.8) is 0 Å². The summed E-state index contributed by atoms with van der Waals surface area (Å²) < 4.78 is 13.3.